The molecule has 0 saturated heterocycles. The molecule has 36 heavy (non-hydrogen) atoms. The minimum atomic E-state index is -4.35. The molecule has 2 heterocycles. The van der Waals surface area contributed by atoms with Crippen LogP contribution in [0.1, 0.15) is 53.5 Å². The van der Waals surface area contributed by atoms with Gasteiger partial charge < -0.3 is 24.8 Å². The fourth-order valence-corrected chi connectivity index (χ4v) is 4.09. The molecule has 1 aromatic heterocycles. The lowest BCUT2D eigenvalue weighted by Gasteiger charge is -2.33. The zero-order valence-corrected chi connectivity index (χ0v) is 21.5. The van der Waals surface area contributed by atoms with E-state index in [9.17, 15) is 18.0 Å². The van der Waals surface area contributed by atoms with E-state index < -0.39 is 30.0 Å². The molecular weight excluding hydrogens is 475 g/mol. The number of alkyl carbamates (subject to hydrolysis) is 1. The van der Waals surface area contributed by atoms with E-state index in [4.69, 9.17) is 14.2 Å². The number of aromatic nitrogens is 1. The number of hydrogen-bond acceptors (Lipinski definition) is 6. The van der Waals surface area contributed by atoms with Gasteiger partial charge in [-0.2, -0.15) is 13.2 Å². The summed E-state index contributed by atoms with van der Waals surface area (Å²) in [5, 5.41) is 5.25. The summed E-state index contributed by atoms with van der Waals surface area (Å²) in [7, 11) is 0. The van der Waals surface area contributed by atoms with E-state index >= 15 is 0 Å². The average Bonchev–Trinajstić information content (AvgIpc) is 2.73. The molecule has 1 amide bonds. The number of carbonyl (C=O) groups excluding carboxylic acids is 1. The van der Waals surface area contributed by atoms with Gasteiger partial charge in [-0.25, -0.2) is 9.78 Å². The number of pyridine rings is 1. The lowest BCUT2D eigenvalue weighted by molar-refractivity contribution is -0.115. The summed E-state index contributed by atoms with van der Waals surface area (Å²) < 4.78 is 55.0. The van der Waals surface area contributed by atoms with Crippen molar-refractivity contribution >= 4 is 11.9 Å². The maximum atomic E-state index is 12.6. The molecule has 2 aromatic rings. The highest BCUT2D eigenvalue weighted by atomic mass is 19.4. The first kappa shape index (κ1) is 27.4. The monoisotopic (exact) mass is 509 g/mol. The van der Waals surface area contributed by atoms with Crippen LogP contribution in [0.15, 0.2) is 30.5 Å². The van der Waals surface area contributed by atoms with Crippen molar-refractivity contribution in [3.8, 4) is 22.6 Å². The third-order valence-electron chi connectivity index (χ3n) is 5.31. The van der Waals surface area contributed by atoms with Crippen LogP contribution >= 0.6 is 0 Å². The van der Waals surface area contributed by atoms with E-state index in [-0.39, 0.29) is 19.0 Å². The fraction of sp³-hybridized carbons (Fsp3) is 0.538. The second-order valence-electron chi connectivity index (χ2n) is 10.7. The molecule has 3 rings (SSSR count). The Kier molecular flexibility index (Phi) is 7.95. The quantitative estimate of drug-likeness (QED) is 0.433. The van der Waals surface area contributed by atoms with Crippen molar-refractivity contribution in [2.45, 2.75) is 71.9 Å². The van der Waals surface area contributed by atoms with Crippen LogP contribution in [0.4, 0.5) is 23.8 Å². The Bertz CT molecular complexity index is 1080. The first-order valence-electron chi connectivity index (χ1n) is 11.8. The zero-order chi connectivity index (χ0) is 26.7. The molecule has 0 radical (unpaired) electrons. The van der Waals surface area contributed by atoms with Gasteiger partial charge in [0.25, 0.3) is 0 Å². The number of alkyl halides is 3. The summed E-state index contributed by atoms with van der Waals surface area (Å²) in [6.07, 6.45) is -2.76. The predicted molar refractivity (Wildman–Crippen MR) is 131 cm³/mol. The number of rotatable bonds is 8. The Hall–Kier alpha value is -3.17. The van der Waals surface area contributed by atoms with Crippen LogP contribution in [-0.4, -0.2) is 41.5 Å². The number of nitrogens with one attached hydrogen (secondary N) is 2. The average molecular weight is 510 g/mol. The second-order valence-corrected chi connectivity index (χ2v) is 10.7. The van der Waals surface area contributed by atoms with Gasteiger partial charge >= 0.3 is 12.3 Å². The van der Waals surface area contributed by atoms with Crippen LogP contribution in [-0.2, 0) is 11.3 Å². The number of carbonyl (C=O) groups is 1. The van der Waals surface area contributed by atoms with Crippen LogP contribution in [0.2, 0.25) is 0 Å². The summed E-state index contributed by atoms with van der Waals surface area (Å²) >= 11 is 0. The van der Waals surface area contributed by atoms with Crippen molar-refractivity contribution in [2.24, 2.45) is 5.92 Å². The number of anilines is 1. The largest absolute Gasteiger partial charge is 0.491 e. The van der Waals surface area contributed by atoms with Gasteiger partial charge in [-0.15, -0.1) is 0 Å². The van der Waals surface area contributed by atoms with Crippen molar-refractivity contribution in [3.63, 3.8) is 0 Å². The van der Waals surface area contributed by atoms with Crippen molar-refractivity contribution in [1.82, 2.24) is 10.3 Å². The fourth-order valence-electron chi connectivity index (χ4n) is 4.09. The molecule has 1 aromatic carbocycles. The molecule has 1 aliphatic rings. The molecule has 7 nitrogen and oxygen atoms in total. The van der Waals surface area contributed by atoms with E-state index in [0.29, 0.717) is 29.4 Å². The predicted octanol–water partition coefficient (Wildman–Crippen LogP) is 6.32. The molecule has 10 heteroatoms. The Morgan fingerprint density at radius 2 is 1.86 bits per heavy atom. The molecule has 0 spiro atoms. The number of benzene rings is 1. The highest BCUT2D eigenvalue weighted by Gasteiger charge is 2.31. The normalized spacial score (nSPS) is 14.7. The Morgan fingerprint density at radius 3 is 2.50 bits per heavy atom. The zero-order valence-electron chi connectivity index (χ0n) is 21.5. The number of fused-ring (bicyclic) bond motifs is 3. The van der Waals surface area contributed by atoms with Gasteiger partial charge in [-0.3, -0.25) is 0 Å². The third-order valence-corrected chi connectivity index (χ3v) is 5.31. The van der Waals surface area contributed by atoms with Gasteiger partial charge in [0.1, 0.15) is 42.7 Å². The molecule has 0 fully saturated rings. The highest BCUT2D eigenvalue weighted by Crippen LogP contribution is 2.39. The van der Waals surface area contributed by atoms with E-state index in [1.54, 1.807) is 12.1 Å². The lowest BCUT2D eigenvalue weighted by Crippen LogP contribution is -2.52. The highest BCUT2D eigenvalue weighted by molar-refractivity contribution is 5.77. The molecule has 1 aliphatic heterocycles. The molecule has 2 N–H and O–H groups in total. The first-order valence-corrected chi connectivity index (χ1v) is 11.8. The summed E-state index contributed by atoms with van der Waals surface area (Å²) in [5.74, 6) is 1.50. The summed E-state index contributed by atoms with van der Waals surface area (Å²) in [5.41, 5.74) is 1.03. The first-order chi connectivity index (χ1) is 16.6. The van der Waals surface area contributed by atoms with Crippen LogP contribution in [0.5, 0.6) is 11.5 Å². The van der Waals surface area contributed by atoms with Gasteiger partial charge in [0.05, 0.1) is 11.7 Å². The molecule has 0 bridgehead atoms. The third kappa shape index (κ3) is 7.93. The van der Waals surface area contributed by atoms with E-state index in [1.807, 2.05) is 39.8 Å². The van der Waals surface area contributed by atoms with Crippen molar-refractivity contribution in [1.29, 1.82) is 0 Å². The number of ether oxygens (including phenoxy) is 3. The molecule has 0 saturated carbocycles. The van der Waals surface area contributed by atoms with Gasteiger partial charge in [0.15, 0.2) is 0 Å². The maximum absolute atomic E-state index is 12.6. The molecule has 1 atom stereocenters. The summed E-state index contributed by atoms with van der Waals surface area (Å²) in [4.78, 5) is 16.4. The van der Waals surface area contributed by atoms with Crippen molar-refractivity contribution < 1.29 is 32.2 Å². The van der Waals surface area contributed by atoms with Gasteiger partial charge in [0, 0.05) is 11.1 Å². The Morgan fingerprint density at radius 1 is 1.14 bits per heavy atom. The van der Waals surface area contributed by atoms with E-state index in [1.165, 1.54) is 6.20 Å². The maximum Gasteiger partial charge on any atom is 0.408 e. The smallest absolute Gasteiger partial charge is 0.408 e. The lowest BCUT2D eigenvalue weighted by atomic mass is 9.91. The van der Waals surface area contributed by atoms with Crippen LogP contribution < -0.4 is 20.1 Å². The SMILES string of the molecule is CC(C)CC(C)(COc1ccc2c(c1)COc1cnc(NCC(F)(F)F)cc1-2)NC(=O)OC(C)(C)C. The van der Waals surface area contributed by atoms with Crippen LogP contribution in [0, 0.1) is 5.92 Å². The Balaban J connectivity index is 1.74. The topological polar surface area (TPSA) is 81.7 Å². The molecular formula is C26H34F3N3O4. The second kappa shape index (κ2) is 10.4. The number of hydrogen-bond donors (Lipinski definition) is 2. The van der Waals surface area contributed by atoms with Gasteiger partial charge in [-0.05, 0) is 63.8 Å². The number of nitrogens with zero attached hydrogens (tertiary/aromatic N) is 1. The molecule has 1 unspecified atom stereocenters. The van der Waals surface area contributed by atoms with Crippen molar-refractivity contribution in [2.75, 3.05) is 18.5 Å². The van der Waals surface area contributed by atoms with E-state index in [2.05, 4.69) is 29.5 Å². The minimum Gasteiger partial charge on any atom is -0.491 e. The van der Waals surface area contributed by atoms with Gasteiger partial charge in [0.2, 0.25) is 0 Å². The van der Waals surface area contributed by atoms with E-state index in [0.717, 1.165) is 11.1 Å². The summed E-state index contributed by atoms with van der Waals surface area (Å²) in [6, 6.07) is 7.02. The minimum absolute atomic E-state index is 0.112. The molecule has 198 valence electrons. The van der Waals surface area contributed by atoms with Crippen LogP contribution in [0.25, 0.3) is 11.1 Å². The van der Waals surface area contributed by atoms with Crippen molar-refractivity contribution in [3.05, 3.63) is 36.0 Å². The number of halogens is 3. The summed E-state index contributed by atoms with van der Waals surface area (Å²) in [6.45, 7) is 10.8. The molecule has 0 aliphatic carbocycles. The van der Waals surface area contributed by atoms with Crippen LogP contribution in [0.3, 0.4) is 0 Å². The van der Waals surface area contributed by atoms with Gasteiger partial charge in [-0.1, -0.05) is 19.9 Å². The standard InChI is InChI=1S/C26H34F3N3O4/c1-16(2)11-25(6,32-23(33)36-24(3,4)5)15-35-18-7-8-19-17(9-18)13-34-21-12-30-22(10-20(19)21)31-14-26(27,28)29/h7-10,12,16H,11,13-15H2,1-6H3,(H,30,31)(H,32,33). The Labute approximate surface area is 209 Å². The number of amides is 1.